The Labute approximate surface area is 184 Å². The third kappa shape index (κ3) is 3.64. The average Bonchev–Trinajstić information content (AvgIpc) is 2.77. The molecule has 0 spiro atoms. The van der Waals surface area contributed by atoms with E-state index in [-0.39, 0.29) is 5.56 Å². The summed E-state index contributed by atoms with van der Waals surface area (Å²) in [6.45, 7) is 1.41. The van der Waals surface area contributed by atoms with Gasteiger partial charge in [-0.1, -0.05) is 0 Å². The Morgan fingerprint density at radius 3 is 2.21 bits per heavy atom. The van der Waals surface area contributed by atoms with Gasteiger partial charge in [0, 0.05) is 11.6 Å². The van der Waals surface area contributed by atoms with E-state index in [4.69, 9.17) is 13.9 Å². The summed E-state index contributed by atoms with van der Waals surface area (Å²) in [7, 11) is 0. The van der Waals surface area contributed by atoms with Crippen LogP contribution in [0.5, 0.6) is 34.5 Å². The lowest BCUT2D eigenvalue weighted by molar-refractivity contribution is -0.268. The van der Waals surface area contributed by atoms with Gasteiger partial charge in [-0.25, -0.2) is 0 Å². The highest BCUT2D eigenvalue weighted by Gasteiger charge is 2.43. The third-order valence-electron chi connectivity index (χ3n) is 5.35. The summed E-state index contributed by atoms with van der Waals surface area (Å²) in [4.78, 5) is 12.7. The number of phenols is 4. The van der Waals surface area contributed by atoms with Gasteiger partial charge in [0.15, 0.2) is 28.6 Å². The lowest BCUT2D eigenvalue weighted by Crippen LogP contribution is -2.58. The topological polar surface area (TPSA) is 211 Å². The number of benzene rings is 2. The predicted octanol–water partition coefficient (Wildman–Crippen LogP) is 0.194. The van der Waals surface area contributed by atoms with Crippen LogP contribution in [-0.4, -0.2) is 71.6 Å². The number of aliphatic hydroxyl groups excluding tert-OH is 3. The van der Waals surface area contributed by atoms with Crippen LogP contribution in [0.4, 0.5) is 0 Å². The van der Waals surface area contributed by atoms with E-state index in [1.807, 2.05) is 0 Å². The second-order valence-corrected chi connectivity index (χ2v) is 7.56. The maximum atomic E-state index is 12.7. The van der Waals surface area contributed by atoms with Crippen LogP contribution in [-0.2, 0) is 4.74 Å². The van der Waals surface area contributed by atoms with E-state index in [2.05, 4.69) is 0 Å². The van der Waals surface area contributed by atoms with Gasteiger partial charge in [0.25, 0.3) is 0 Å². The van der Waals surface area contributed by atoms with Gasteiger partial charge in [-0.2, -0.15) is 0 Å². The molecule has 2 aromatic carbocycles. The molecule has 5 atom stereocenters. The van der Waals surface area contributed by atoms with Crippen molar-refractivity contribution in [2.45, 2.75) is 37.6 Å². The largest absolute Gasteiger partial charge is 0.507 e. The van der Waals surface area contributed by atoms with E-state index in [1.165, 1.54) is 13.0 Å². The molecule has 1 aliphatic rings. The quantitative estimate of drug-likeness (QED) is 0.193. The molecular formula is C21H20O12. The highest BCUT2D eigenvalue weighted by Crippen LogP contribution is 2.44. The van der Waals surface area contributed by atoms with E-state index in [0.717, 1.165) is 18.2 Å². The summed E-state index contributed by atoms with van der Waals surface area (Å²) in [5, 5.41) is 79.7. The van der Waals surface area contributed by atoms with Crippen LogP contribution in [0.25, 0.3) is 22.3 Å². The molecule has 176 valence electrons. The normalized spacial score (nSPS) is 25.3. The fourth-order valence-electron chi connectivity index (χ4n) is 3.49. The molecule has 33 heavy (non-hydrogen) atoms. The smallest absolute Gasteiger partial charge is 0.238 e. The van der Waals surface area contributed by atoms with Crippen molar-refractivity contribution in [3.05, 3.63) is 34.5 Å². The van der Waals surface area contributed by atoms with Gasteiger partial charge in [-0.15, -0.1) is 0 Å². The molecule has 5 unspecified atom stereocenters. The first-order chi connectivity index (χ1) is 15.5. The van der Waals surface area contributed by atoms with Crippen LogP contribution in [0.1, 0.15) is 6.92 Å². The molecule has 1 aromatic heterocycles. The number of rotatable bonds is 3. The van der Waals surface area contributed by atoms with Crippen molar-refractivity contribution in [2.24, 2.45) is 0 Å². The van der Waals surface area contributed by atoms with Crippen molar-refractivity contribution in [1.82, 2.24) is 0 Å². The summed E-state index contributed by atoms with van der Waals surface area (Å²) >= 11 is 0. The number of hydrogen-bond acceptors (Lipinski definition) is 12. The standard InChI is InChI=1S/C21H20O12/c1-6-13(25)16(28)18(30)21(31-6)32-11-5-10(24)12-15(27)17(29)19(33-20(12)14(11)26)7-2-3-8(22)9(23)4-7/h2-6,13,16,18,21-26,28-30H,1H3. The summed E-state index contributed by atoms with van der Waals surface area (Å²) in [6.07, 6.45) is -7.27. The number of phenolic OH excluding ortho intramolecular Hbond substituents is 4. The van der Waals surface area contributed by atoms with Crippen LogP contribution in [0, 0.1) is 0 Å². The molecular weight excluding hydrogens is 444 g/mol. The zero-order chi connectivity index (χ0) is 24.2. The van der Waals surface area contributed by atoms with E-state index < -0.39 is 87.4 Å². The van der Waals surface area contributed by atoms with E-state index in [1.54, 1.807) is 0 Å². The number of aliphatic hydroxyl groups is 3. The molecule has 4 rings (SSSR count). The van der Waals surface area contributed by atoms with Crippen LogP contribution in [0.2, 0.25) is 0 Å². The van der Waals surface area contributed by atoms with E-state index in [9.17, 15) is 45.6 Å². The highest BCUT2D eigenvalue weighted by atomic mass is 16.7. The third-order valence-corrected chi connectivity index (χ3v) is 5.35. The number of hydrogen-bond donors (Lipinski definition) is 8. The summed E-state index contributed by atoms with van der Waals surface area (Å²) in [6, 6.07) is 4.11. The molecule has 0 bridgehead atoms. The summed E-state index contributed by atoms with van der Waals surface area (Å²) in [5.41, 5.74) is -1.75. The van der Waals surface area contributed by atoms with E-state index >= 15 is 0 Å². The first-order valence-electron chi connectivity index (χ1n) is 9.64. The molecule has 1 fully saturated rings. The Balaban J connectivity index is 1.84. The SMILES string of the molecule is CC1OC(Oc2cc(O)c3c(=O)c(O)c(-c4ccc(O)c(O)c4)oc3c2O)C(O)C(O)C1O. The number of fused-ring (bicyclic) bond motifs is 1. The predicted molar refractivity (Wildman–Crippen MR) is 109 cm³/mol. The second-order valence-electron chi connectivity index (χ2n) is 7.56. The van der Waals surface area contributed by atoms with Gasteiger partial charge in [0.1, 0.15) is 29.4 Å². The highest BCUT2D eigenvalue weighted by molar-refractivity contribution is 5.93. The van der Waals surface area contributed by atoms with E-state index in [0.29, 0.717) is 0 Å². The Morgan fingerprint density at radius 2 is 1.55 bits per heavy atom. The lowest BCUT2D eigenvalue weighted by Gasteiger charge is -2.38. The van der Waals surface area contributed by atoms with Crippen LogP contribution >= 0.6 is 0 Å². The van der Waals surface area contributed by atoms with Gasteiger partial charge >= 0.3 is 0 Å². The summed E-state index contributed by atoms with van der Waals surface area (Å²) < 4.78 is 16.1. The molecule has 0 radical (unpaired) electrons. The zero-order valence-corrected chi connectivity index (χ0v) is 16.9. The van der Waals surface area contributed by atoms with Gasteiger partial charge in [-0.05, 0) is 25.1 Å². The van der Waals surface area contributed by atoms with Crippen LogP contribution in [0.3, 0.4) is 0 Å². The van der Waals surface area contributed by atoms with Crippen molar-refractivity contribution in [3.63, 3.8) is 0 Å². The Kier molecular flexibility index (Phi) is 5.46. The summed E-state index contributed by atoms with van der Waals surface area (Å²) in [5.74, 6) is -4.53. The lowest BCUT2D eigenvalue weighted by atomic mass is 10.00. The molecule has 1 saturated heterocycles. The maximum Gasteiger partial charge on any atom is 0.238 e. The molecule has 0 aliphatic carbocycles. The molecule has 2 heterocycles. The monoisotopic (exact) mass is 464 g/mol. The van der Waals surface area contributed by atoms with Crippen LogP contribution in [0.15, 0.2) is 33.5 Å². The van der Waals surface area contributed by atoms with Gasteiger partial charge in [0.2, 0.25) is 23.2 Å². The van der Waals surface area contributed by atoms with Crippen molar-refractivity contribution in [3.8, 4) is 45.8 Å². The first kappa shape index (κ1) is 22.5. The molecule has 8 N–H and O–H groups in total. The molecule has 0 amide bonds. The number of aromatic hydroxyl groups is 5. The minimum atomic E-state index is -1.73. The molecule has 12 heteroatoms. The minimum absolute atomic E-state index is 0.0380. The molecule has 3 aromatic rings. The first-order valence-corrected chi connectivity index (χ1v) is 9.64. The van der Waals surface area contributed by atoms with Crippen molar-refractivity contribution >= 4 is 11.0 Å². The fourth-order valence-corrected chi connectivity index (χ4v) is 3.49. The van der Waals surface area contributed by atoms with Crippen molar-refractivity contribution in [1.29, 1.82) is 0 Å². The second kappa shape index (κ2) is 8.01. The Morgan fingerprint density at radius 1 is 0.848 bits per heavy atom. The molecule has 12 nitrogen and oxygen atoms in total. The van der Waals surface area contributed by atoms with Gasteiger partial charge in [0.05, 0.1) is 6.10 Å². The van der Waals surface area contributed by atoms with Gasteiger partial charge < -0.3 is 54.7 Å². The van der Waals surface area contributed by atoms with Crippen molar-refractivity contribution < 1.29 is 54.7 Å². The average molecular weight is 464 g/mol. The molecule has 1 aliphatic heterocycles. The number of ether oxygens (including phenoxy) is 2. The Hall–Kier alpha value is -3.71. The minimum Gasteiger partial charge on any atom is -0.507 e. The van der Waals surface area contributed by atoms with Gasteiger partial charge in [-0.3, -0.25) is 4.79 Å². The maximum absolute atomic E-state index is 12.7. The molecule has 0 saturated carbocycles. The Bertz CT molecular complexity index is 1280. The van der Waals surface area contributed by atoms with Crippen molar-refractivity contribution in [2.75, 3.05) is 0 Å². The zero-order valence-electron chi connectivity index (χ0n) is 16.9. The van der Waals surface area contributed by atoms with Crippen LogP contribution < -0.4 is 10.2 Å². The fraction of sp³-hybridized carbons (Fsp3) is 0.286.